The van der Waals surface area contributed by atoms with E-state index in [1.807, 2.05) is 12.1 Å². The van der Waals surface area contributed by atoms with E-state index in [2.05, 4.69) is 32.9 Å². The molecule has 18 heavy (non-hydrogen) atoms. The highest BCUT2D eigenvalue weighted by molar-refractivity contribution is 5.94. The van der Waals surface area contributed by atoms with E-state index < -0.39 is 0 Å². The number of carbonyl (C=O) groups is 1. The fourth-order valence-electron chi connectivity index (χ4n) is 1.83. The monoisotopic (exact) mass is 242 g/mol. The van der Waals surface area contributed by atoms with Gasteiger partial charge in [0.05, 0.1) is 6.26 Å². The number of furan rings is 1. The van der Waals surface area contributed by atoms with E-state index in [1.165, 1.54) is 11.8 Å². The van der Waals surface area contributed by atoms with Crippen LogP contribution in [0.3, 0.4) is 0 Å². The van der Waals surface area contributed by atoms with Crippen molar-refractivity contribution in [3.05, 3.63) is 59.5 Å². The van der Waals surface area contributed by atoms with Gasteiger partial charge in [0.2, 0.25) is 5.78 Å². The predicted molar refractivity (Wildman–Crippen MR) is 71.9 cm³/mol. The minimum atomic E-state index is 0.0171. The molecular weight excluding hydrogens is 224 g/mol. The highest BCUT2D eigenvalue weighted by atomic mass is 16.3. The van der Waals surface area contributed by atoms with E-state index in [0.29, 0.717) is 12.2 Å². The molecule has 2 rings (SSSR count). The Bertz CT molecular complexity index is 513. The van der Waals surface area contributed by atoms with Crippen LogP contribution in [0.25, 0.3) is 0 Å². The third-order valence-electron chi connectivity index (χ3n) is 2.98. The van der Waals surface area contributed by atoms with E-state index >= 15 is 0 Å². The maximum absolute atomic E-state index is 11.9. The van der Waals surface area contributed by atoms with Gasteiger partial charge in [0, 0.05) is 6.42 Å². The molecule has 94 valence electrons. The Morgan fingerprint density at radius 2 is 1.78 bits per heavy atom. The Hall–Kier alpha value is -1.83. The third-order valence-corrected chi connectivity index (χ3v) is 2.98. The number of benzene rings is 1. The van der Waals surface area contributed by atoms with Gasteiger partial charge in [0.1, 0.15) is 0 Å². The summed E-state index contributed by atoms with van der Waals surface area (Å²) in [6, 6.07) is 11.6. The standard InChI is InChI=1S/C16H18O2/c1-16(2,3)13-8-6-12(7-9-13)11-14(17)15-5-4-10-18-15/h4-10H,11H2,1-3H3. The maximum Gasteiger partial charge on any atom is 0.202 e. The molecule has 0 atom stereocenters. The Labute approximate surface area is 108 Å². The van der Waals surface area contributed by atoms with Crippen LogP contribution in [-0.4, -0.2) is 5.78 Å². The maximum atomic E-state index is 11.9. The van der Waals surface area contributed by atoms with Gasteiger partial charge in [0.15, 0.2) is 5.76 Å². The zero-order chi connectivity index (χ0) is 13.2. The molecule has 0 radical (unpaired) electrons. The highest BCUT2D eigenvalue weighted by Crippen LogP contribution is 2.22. The van der Waals surface area contributed by atoms with Crippen LogP contribution in [0.1, 0.15) is 42.5 Å². The zero-order valence-electron chi connectivity index (χ0n) is 11.1. The molecule has 0 N–H and O–H groups in total. The molecule has 0 aliphatic carbocycles. The minimum absolute atomic E-state index is 0.0171. The molecule has 0 saturated carbocycles. The quantitative estimate of drug-likeness (QED) is 0.761. The van der Waals surface area contributed by atoms with Crippen LogP contribution in [0.2, 0.25) is 0 Å². The van der Waals surface area contributed by atoms with Gasteiger partial charge < -0.3 is 4.42 Å². The van der Waals surface area contributed by atoms with Crippen molar-refractivity contribution in [1.29, 1.82) is 0 Å². The number of hydrogen-bond acceptors (Lipinski definition) is 2. The fourth-order valence-corrected chi connectivity index (χ4v) is 1.83. The molecule has 1 aromatic carbocycles. The smallest absolute Gasteiger partial charge is 0.202 e. The van der Waals surface area contributed by atoms with Crippen molar-refractivity contribution in [2.75, 3.05) is 0 Å². The summed E-state index contributed by atoms with van der Waals surface area (Å²) in [5.41, 5.74) is 2.44. The van der Waals surface area contributed by atoms with Gasteiger partial charge in [-0.2, -0.15) is 0 Å². The largest absolute Gasteiger partial charge is 0.461 e. The number of rotatable bonds is 3. The van der Waals surface area contributed by atoms with Crippen molar-refractivity contribution < 1.29 is 9.21 Å². The summed E-state index contributed by atoms with van der Waals surface area (Å²) in [5.74, 6) is 0.443. The van der Waals surface area contributed by atoms with Crippen molar-refractivity contribution in [1.82, 2.24) is 0 Å². The Morgan fingerprint density at radius 1 is 1.11 bits per heavy atom. The molecule has 2 heteroatoms. The van der Waals surface area contributed by atoms with Crippen molar-refractivity contribution >= 4 is 5.78 Å². The van der Waals surface area contributed by atoms with Gasteiger partial charge in [-0.05, 0) is 28.7 Å². The van der Waals surface area contributed by atoms with E-state index in [9.17, 15) is 4.79 Å². The molecule has 0 saturated heterocycles. The fraction of sp³-hybridized carbons (Fsp3) is 0.312. The van der Waals surface area contributed by atoms with E-state index in [-0.39, 0.29) is 11.2 Å². The summed E-state index contributed by atoms with van der Waals surface area (Å²) in [6.45, 7) is 6.53. The van der Waals surface area contributed by atoms with Crippen molar-refractivity contribution in [3.63, 3.8) is 0 Å². The first kappa shape index (κ1) is 12.6. The first-order valence-corrected chi connectivity index (χ1v) is 6.13. The Balaban J connectivity index is 2.09. The molecule has 0 unspecified atom stereocenters. The molecule has 0 amide bonds. The van der Waals surface area contributed by atoms with Crippen molar-refractivity contribution in [2.45, 2.75) is 32.6 Å². The second-order valence-corrected chi connectivity index (χ2v) is 5.52. The SMILES string of the molecule is CC(C)(C)c1ccc(CC(=O)c2ccco2)cc1. The van der Waals surface area contributed by atoms with Crippen LogP contribution >= 0.6 is 0 Å². The summed E-state index contributed by atoms with van der Waals surface area (Å²) in [6.07, 6.45) is 1.91. The molecule has 1 aromatic heterocycles. The van der Waals surface area contributed by atoms with Crippen molar-refractivity contribution in [2.24, 2.45) is 0 Å². The van der Waals surface area contributed by atoms with Crippen LogP contribution in [0.15, 0.2) is 47.1 Å². The van der Waals surface area contributed by atoms with E-state index in [4.69, 9.17) is 4.42 Å². The van der Waals surface area contributed by atoms with Crippen molar-refractivity contribution in [3.8, 4) is 0 Å². The second kappa shape index (κ2) is 4.81. The third kappa shape index (κ3) is 2.89. The van der Waals surface area contributed by atoms with Crippen LogP contribution in [0.5, 0.6) is 0 Å². The molecular formula is C16H18O2. The van der Waals surface area contributed by atoms with Crippen LogP contribution < -0.4 is 0 Å². The number of hydrogen-bond donors (Lipinski definition) is 0. The van der Waals surface area contributed by atoms with Crippen LogP contribution in [0.4, 0.5) is 0 Å². The normalized spacial score (nSPS) is 11.5. The van der Waals surface area contributed by atoms with Gasteiger partial charge in [-0.1, -0.05) is 45.0 Å². The first-order valence-electron chi connectivity index (χ1n) is 6.13. The van der Waals surface area contributed by atoms with E-state index in [1.54, 1.807) is 12.1 Å². The number of carbonyl (C=O) groups excluding carboxylic acids is 1. The molecule has 0 fully saturated rings. The topological polar surface area (TPSA) is 30.2 Å². The average Bonchev–Trinajstić information content (AvgIpc) is 2.82. The average molecular weight is 242 g/mol. The van der Waals surface area contributed by atoms with Crippen LogP contribution in [0, 0.1) is 0 Å². The Morgan fingerprint density at radius 3 is 2.28 bits per heavy atom. The second-order valence-electron chi connectivity index (χ2n) is 5.52. The molecule has 0 aliphatic heterocycles. The van der Waals surface area contributed by atoms with Gasteiger partial charge >= 0.3 is 0 Å². The molecule has 0 bridgehead atoms. The molecule has 0 aliphatic rings. The molecule has 0 spiro atoms. The van der Waals surface area contributed by atoms with Gasteiger partial charge in [-0.15, -0.1) is 0 Å². The summed E-state index contributed by atoms with van der Waals surface area (Å²) in [4.78, 5) is 11.9. The summed E-state index contributed by atoms with van der Waals surface area (Å²) in [5, 5.41) is 0. The highest BCUT2D eigenvalue weighted by Gasteiger charge is 2.14. The van der Waals surface area contributed by atoms with Gasteiger partial charge in [0.25, 0.3) is 0 Å². The zero-order valence-corrected chi connectivity index (χ0v) is 11.1. The molecule has 1 heterocycles. The lowest BCUT2D eigenvalue weighted by Crippen LogP contribution is -2.11. The molecule has 2 nitrogen and oxygen atoms in total. The first-order chi connectivity index (χ1) is 8.47. The minimum Gasteiger partial charge on any atom is -0.461 e. The lowest BCUT2D eigenvalue weighted by molar-refractivity contribution is 0.0966. The lowest BCUT2D eigenvalue weighted by Gasteiger charge is -2.19. The molecule has 2 aromatic rings. The Kier molecular flexibility index (Phi) is 3.37. The number of Topliss-reactive ketones (excluding diaryl/α,β-unsaturated/α-hetero) is 1. The number of ketones is 1. The lowest BCUT2D eigenvalue weighted by atomic mass is 9.86. The van der Waals surface area contributed by atoms with Crippen LogP contribution in [-0.2, 0) is 11.8 Å². The van der Waals surface area contributed by atoms with Gasteiger partial charge in [-0.3, -0.25) is 4.79 Å². The summed E-state index contributed by atoms with van der Waals surface area (Å²) in [7, 11) is 0. The summed E-state index contributed by atoms with van der Waals surface area (Å²) >= 11 is 0. The van der Waals surface area contributed by atoms with Gasteiger partial charge in [-0.25, -0.2) is 0 Å². The summed E-state index contributed by atoms with van der Waals surface area (Å²) < 4.78 is 5.10. The van der Waals surface area contributed by atoms with E-state index in [0.717, 1.165) is 5.56 Å². The predicted octanol–water partition coefficient (Wildman–Crippen LogP) is 4.00.